The maximum atomic E-state index is 12.4. The number of aromatic nitrogens is 1. The lowest BCUT2D eigenvalue weighted by Crippen LogP contribution is -2.17. The first-order chi connectivity index (χ1) is 6.97. The molecule has 0 aromatic carbocycles. The maximum Gasteiger partial charge on any atom is 0.354 e. The fraction of sp³-hybridized carbons (Fsp3) is 0.333. The molecule has 6 heteroatoms. The van der Waals surface area contributed by atoms with E-state index in [-0.39, 0.29) is 11.4 Å². The third-order valence-corrected chi connectivity index (χ3v) is 1.89. The average molecular weight is 217 g/mol. The van der Waals surface area contributed by atoms with Crippen molar-refractivity contribution >= 4 is 5.97 Å². The summed E-state index contributed by atoms with van der Waals surface area (Å²) in [6, 6.07) is 0.806. The minimum Gasteiger partial charge on any atom is -0.464 e. The highest BCUT2D eigenvalue weighted by Gasteiger charge is 2.18. The molecular formula is C9H9F2NO3. The second-order valence-electron chi connectivity index (χ2n) is 2.88. The van der Waals surface area contributed by atoms with Gasteiger partial charge in [0.05, 0.1) is 12.7 Å². The summed E-state index contributed by atoms with van der Waals surface area (Å²) in [5.41, 5.74) is -1.66. The van der Waals surface area contributed by atoms with Crippen molar-refractivity contribution in [3.8, 4) is 0 Å². The molecule has 0 saturated carbocycles. The van der Waals surface area contributed by atoms with E-state index < -0.39 is 23.4 Å². The molecule has 82 valence electrons. The standard InChI is InChI=1S/C9H9F2NO3/c1-4-7(8(10)11)6(13)3-5(12-4)9(14)15-2/h3,8H,1-2H3,(H,12,13). The van der Waals surface area contributed by atoms with Crippen LogP contribution in [0.5, 0.6) is 0 Å². The van der Waals surface area contributed by atoms with Gasteiger partial charge in [0.2, 0.25) is 0 Å². The quantitative estimate of drug-likeness (QED) is 0.762. The van der Waals surface area contributed by atoms with Crippen molar-refractivity contribution in [2.45, 2.75) is 13.3 Å². The van der Waals surface area contributed by atoms with Crippen LogP contribution < -0.4 is 5.43 Å². The molecule has 0 saturated heterocycles. The van der Waals surface area contributed by atoms with Gasteiger partial charge >= 0.3 is 5.97 Å². The summed E-state index contributed by atoms with van der Waals surface area (Å²) in [6.45, 7) is 1.30. The molecule has 0 spiro atoms. The van der Waals surface area contributed by atoms with Gasteiger partial charge in [-0.15, -0.1) is 0 Å². The normalized spacial score (nSPS) is 10.5. The Hall–Kier alpha value is -1.72. The van der Waals surface area contributed by atoms with E-state index in [4.69, 9.17) is 0 Å². The van der Waals surface area contributed by atoms with E-state index in [0.717, 1.165) is 13.2 Å². The van der Waals surface area contributed by atoms with Crippen LogP contribution >= 0.6 is 0 Å². The summed E-state index contributed by atoms with van der Waals surface area (Å²) in [4.78, 5) is 24.6. The van der Waals surface area contributed by atoms with E-state index in [0.29, 0.717) is 0 Å². The van der Waals surface area contributed by atoms with E-state index in [1.807, 2.05) is 0 Å². The number of halogens is 2. The van der Waals surface area contributed by atoms with E-state index in [2.05, 4.69) is 9.72 Å². The molecule has 0 amide bonds. The number of hydrogen-bond donors (Lipinski definition) is 1. The van der Waals surface area contributed by atoms with E-state index in [1.54, 1.807) is 0 Å². The Bertz CT molecular complexity index is 439. The molecule has 4 nitrogen and oxygen atoms in total. The van der Waals surface area contributed by atoms with Gasteiger partial charge in [0.15, 0.2) is 5.43 Å². The summed E-state index contributed by atoms with van der Waals surface area (Å²) in [7, 11) is 1.14. The second-order valence-corrected chi connectivity index (χ2v) is 2.88. The van der Waals surface area contributed by atoms with Gasteiger partial charge in [0.25, 0.3) is 6.43 Å². The first-order valence-electron chi connectivity index (χ1n) is 4.07. The molecule has 0 aliphatic heterocycles. The van der Waals surface area contributed by atoms with Crippen molar-refractivity contribution in [3.05, 3.63) is 33.2 Å². The number of carbonyl (C=O) groups is 1. The number of esters is 1. The minimum atomic E-state index is -2.86. The van der Waals surface area contributed by atoms with E-state index in [1.165, 1.54) is 6.92 Å². The lowest BCUT2D eigenvalue weighted by molar-refractivity contribution is 0.0593. The van der Waals surface area contributed by atoms with Gasteiger partial charge in [0.1, 0.15) is 5.69 Å². The van der Waals surface area contributed by atoms with Gasteiger partial charge in [-0.05, 0) is 6.92 Å². The first-order valence-corrected chi connectivity index (χ1v) is 4.07. The number of H-pyrrole nitrogens is 1. The number of methoxy groups -OCH3 is 1. The lowest BCUT2D eigenvalue weighted by atomic mass is 10.2. The summed E-state index contributed by atoms with van der Waals surface area (Å²) in [5, 5.41) is 0. The zero-order valence-corrected chi connectivity index (χ0v) is 8.14. The molecule has 15 heavy (non-hydrogen) atoms. The summed E-state index contributed by atoms with van der Waals surface area (Å²) < 4.78 is 29.1. The van der Waals surface area contributed by atoms with Crippen molar-refractivity contribution in [2.75, 3.05) is 7.11 Å². The van der Waals surface area contributed by atoms with Crippen LogP contribution in [0.1, 0.15) is 28.2 Å². The predicted octanol–water partition coefficient (Wildman–Crippen LogP) is 1.41. The number of ether oxygens (including phenoxy) is 1. The van der Waals surface area contributed by atoms with Crippen molar-refractivity contribution in [2.24, 2.45) is 0 Å². The SMILES string of the molecule is COC(=O)c1cc(=O)c(C(F)F)c(C)[nH]1. The van der Waals surface area contributed by atoms with Gasteiger partial charge in [-0.25, -0.2) is 13.6 Å². The summed E-state index contributed by atoms with van der Waals surface area (Å²) in [6.07, 6.45) is -2.86. The number of carbonyl (C=O) groups excluding carboxylic acids is 1. The summed E-state index contributed by atoms with van der Waals surface area (Å²) >= 11 is 0. The zero-order valence-electron chi connectivity index (χ0n) is 8.14. The van der Waals surface area contributed by atoms with Crippen LogP contribution in [0.3, 0.4) is 0 Å². The molecule has 0 aliphatic carbocycles. The number of nitrogens with one attached hydrogen (secondary N) is 1. The molecule has 0 bridgehead atoms. The molecule has 0 aliphatic rings. The van der Waals surface area contributed by atoms with Crippen LogP contribution in [0, 0.1) is 6.92 Å². The number of hydrogen-bond acceptors (Lipinski definition) is 3. The van der Waals surface area contributed by atoms with Crippen LogP contribution in [0.4, 0.5) is 8.78 Å². The molecule has 1 N–H and O–H groups in total. The molecule has 0 unspecified atom stereocenters. The largest absolute Gasteiger partial charge is 0.464 e. The minimum absolute atomic E-state index is 0.0297. The molecule has 1 heterocycles. The molecule has 0 atom stereocenters. The Morgan fingerprint density at radius 3 is 2.53 bits per heavy atom. The summed E-state index contributed by atoms with van der Waals surface area (Å²) in [5.74, 6) is -0.768. The Kier molecular flexibility index (Phi) is 3.18. The van der Waals surface area contributed by atoms with Crippen molar-refractivity contribution < 1.29 is 18.3 Å². The van der Waals surface area contributed by atoms with Gasteiger partial charge in [-0.3, -0.25) is 4.79 Å². The Morgan fingerprint density at radius 2 is 2.13 bits per heavy atom. The number of alkyl halides is 2. The van der Waals surface area contributed by atoms with Crippen LogP contribution in [-0.4, -0.2) is 18.1 Å². The van der Waals surface area contributed by atoms with E-state index >= 15 is 0 Å². The lowest BCUT2D eigenvalue weighted by Gasteiger charge is -2.06. The van der Waals surface area contributed by atoms with Gasteiger partial charge in [0, 0.05) is 11.8 Å². The monoisotopic (exact) mass is 217 g/mol. The topological polar surface area (TPSA) is 59.2 Å². The number of aromatic amines is 1. The van der Waals surface area contributed by atoms with Crippen molar-refractivity contribution in [3.63, 3.8) is 0 Å². The van der Waals surface area contributed by atoms with Crippen LogP contribution in [-0.2, 0) is 4.74 Å². The number of pyridine rings is 1. The fourth-order valence-corrected chi connectivity index (χ4v) is 1.19. The molecular weight excluding hydrogens is 208 g/mol. The Labute approximate surface area is 83.9 Å². The predicted molar refractivity (Wildman–Crippen MR) is 48.1 cm³/mol. The molecule has 0 fully saturated rings. The highest BCUT2D eigenvalue weighted by molar-refractivity contribution is 5.87. The smallest absolute Gasteiger partial charge is 0.354 e. The third kappa shape index (κ3) is 2.20. The first kappa shape index (κ1) is 11.4. The van der Waals surface area contributed by atoms with Crippen LogP contribution in [0.25, 0.3) is 0 Å². The molecule has 1 aromatic heterocycles. The maximum absolute atomic E-state index is 12.4. The Balaban J connectivity index is 3.32. The number of aryl methyl sites for hydroxylation is 1. The van der Waals surface area contributed by atoms with Gasteiger partial charge < -0.3 is 9.72 Å². The number of rotatable bonds is 2. The second kappa shape index (κ2) is 4.20. The highest BCUT2D eigenvalue weighted by atomic mass is 19.3. The van der Waals surface area contributed by atoms with Gasteiger partial charge in [-0.2, -0.15) is 0 Å². The molecule has 1 aromatic rings. The van der Waals surface area contributed by atoms with Gasteiger partial charge in [-0.1, -0.05) is 0 Å². The van der Waals surface area contributed by atoms with E-state index in [9.17, 15) is 18.4 Å². The Morgan fingerprint density at radius 1 is 1.53 bits per heavy atom. The van der Waals surface area contributed by atoms with Crippen LogP contribution in [0.15, 0.2) is 10.9 Å². The van der Waals surface area contributed by atoms with Crippen molar-refractivity contribution in [1.29, 1.82) is 0 Å². The van der Waals surface area contributed by atoms with Crippen LogP contribution in [0.2, 0.25) is 0 Å². The molecule has 1 rings (SSSR count). The zero-order chi connectivity index (χ0) is 11.6. The highest BCUT2D eigenvalue weighted by Crippen LogP contribution is 2.17. The fourth-order valence-electron chi connectivity index (χ4n) is 1.19. The molecule has 0 radical (unpaired) electrons. The third-order valence-electron chi connectivity index (χ3n) is 1.89. The van der Waals surface area contributed by atoms with Crippen molar-refractivity contribution in [1.82, 2.24) is 4.98 Å². The average Bonchev–Trinajstić information content (AvgIpc) is 2.14.